The first-order valence-electron chi connectivity index (χ1n) is 9.14. The molecule has 1 atom stereocenters. The minimum absolute atomic E-state index is 0.0461. The van der Waals surface area contributed by atoms with Gasteiger partial charge < -0.3 is 15.5 Å². The lowest BCUT2D eigenvalue weighted by Gasteiger charge is -2.17. The molecule has 3 aromatic rings. The third-order valence-electron chi connectivity index (χ3n) is 4.60. The third kappa shape index (κ3) is 4.32. The van der Waals surface area contributed by atoms with E-state index in [9.17, 15) is 14.0 Å². The number of amides is 2. The molecule has 1 aliphatic rings. The van der Waals surface area contributed by atoms with Crippen LogP contribution in [0.25, 0.3) is 10.2 Å². The number of fused-ring (bicyclic) bond motifs is 1. The molecule has 0 radical (unpaired) electrons. The van der Waals surface area contributed by atoms with Crippen LogP contribution in [0, 0.1) is 5.82 Å². The highest BCUT2D eigenvalue weighted by Crippen LogP contribution is 2.26. The molecular formula is C19H19FN6O2S. The number of carbonyl (C=O) groups is 2. The first kappa shape index (κ1) is 19.2. The topological polar surface area (TPSA) is 100 Å². The second-order valence-electron chi connectivity index (χ2n) is 6.83. The zero-order chi connectivity index (χ0) is 20.4. The Hall–Kier alpha value is -3.14. The standard InChI is InChI=1S/C19H19FN6O2S/c1-11(27)23-14-2-4-26(10-14)18(28)16-17-15(3-5-29-17)24-19(25-16)22-8-12-6-13(20)9-21-7-12/h3,5-7,9,14H,2,4,8,10H2,1H3,(H,23,27)(H,22,24,25)/t14-/m0/s1. The highest BCUT2D eigenvalue weighted by atomic mass is 32.1. The van der Waals surface area contributed by atoms with E-state index in [1.165, 1.54) is 24.3 Å². The highest BCUT2D eigenvalue weighted by Gasteiger charge is 2.29. The fraction of sp³-hybridized carbons (Fsp3) is 0.316. The Bertz CT molecular complexity index is 1070. The Balaban J connectivity index is 1.55. The van der Waals surface area contributed by atoms with Gasteiger partial charge >= 0.3 is 0 Å². The summed E-state index contributed by atoms with van der Waals surface area (Å²) in [5.41, 5.74) is 1.64. The summed E-state index contributed by atoms with van der Waals surface area (Å²) in [6.45, 7) is 2.75. The molecule has 4 heterocycles. The molecular weight excluding hydrogens is 395 g/mol. The van der Waals surface area contributed by atoms with Crippen LogP contribution in [-0.4, -0.2) is 50.8 Å². The minimum Gasteiger partial charge on any atom is -0.352 e. The SMILES string of the molecule is CC(=O)N[C@H]1CCN(C(=O)c2nc(NCc3cncc(F)c3)nc3ccsc23)C1. The first-order chi connectivity index (χ1) is 14.0. The Morgan fingerprint density at radius 3 is 3.00 bits per heavy atom. The van der Waals surface area contributed by atoms with Crippen LogP contribution in [0.2, 0.25) is 0 Å². The van der Waals surface area contributed by atoms with Gasteiger partial charge in [-0.25, -0.2) is 14.4 Å². The van der Waals surface area contributed by atoms with Crippen LogP contribution in [-0.2, 0) is 11.3 Å². The predicted octanol–water partition coefficient (Wildman–Crippen LogP) is 2.19. The maximum atomic E-state index is 13.3. The lowest BCUT2D eigenvalue weighted by atomic mass is 10.2. The van der Waals surface area contributed by atoms with Gasteiger partial charge in [0.15, 0.2) is 5.69 Å². The van der Waals surface area contributed by atoms with Gasteiger partial charge in [0.2, 0.25) is 11.9 Å². The summed E-state index contributed by atoms with van der Waals surface area (Å²) in [4.78, 5) is 38.8. The van der Waals surface area contributed by atoms with Gasteiger partial charge in [0.25, 0.3) is 5.91 Å². The van der Waals surface area contributed by atoms with Gasteiger partial charge in [-0.3, -0.25) is 14.6 Å². The number of pyridine rings is 1. The van der Waals surface area contributed by atoms with Crippen LogP contribution in [0.5, 0.6) is 0 Å². The second-order valence-corrected chi connectivity index (χ2v) is 7.75. The van der Waals surface area contributed by atoms with E-state index in [2.05, 4.69) is 25.6 Å². The molecule has 1 saturated heterocycles. The largest absolute Gasteiger partial charge is 0.352 e. The van der Waals surface area contributed by atoms with Gasteiger partial charge in [-0.15, -0.1) is 11.3 Å². The number of nitrogens with one attached hydrogen (secondary N) is 2. The van der Waals surface area contributed by atoms with Crippen LogP contribution in [0.3, 0.4) is 0 Å². The van der Waals surface area contributed by atoms with Gasteiger partial charge in [0.05, 0.1) is 16.4 Å². The number of halogens is 1. The summed E-state index contributed by atoms with van der Waals surface area (Å²) in [6, 6.07) is 3.16. The number of nitrogens with zero attached hydrogens (tertiary/aromatic N) is 4. The summed E-state index contributed by atoms with van der Waals surface area (Å²) in [5.74, 6) is -0.424. The zero-order valence-electron chi connectivity index (χ0n) is 15.7. The molecule has 1 fully saturated rings. The number of rotatable bonds is 5. The first-order valence-corrected chi connectivity index (χ1v) is 10.0. The van der Waals surface area contributed by atoms with Crippen molar-refractivity contribution in [3.8, 4) is 0 Å². The molecule has 0 bridgehead atoms. The lowest BCUT2D eigenvalue weighted by Crippen LogP contribution is -2.37. The Morgan fingerprint density at radius 1 is 1.34 bits per heavy atom. The van der Waals surface area contributed by atoms with E-state index in [0.717, 1.165) is 10.9 Å². The fourth-order valence-corrected chi connectivity index (χ4v) is 4.13. The molecule has 0 aromatic carbocycles. The summed E-state index contributed by atoms with van der Waals surface area (Å²) in [7, 11) is 0. The molecule has 1 aliphatic heterocycles. The molecule has 2 N–H and O–H groups in total. The number of thiophene rings is 1. The molecule has 4 rings (SSSR count). The third-order valence-corrected chi connectivity index (χ3v) is 5.51. The number of hydrogen-bond acceptors (Lipinski definition) is 7. The monoisotopic (exact) mass is 414 g/mol. The van der Waals surface area contributed by atoms with Crippen molar-refractivity contribution in [2.75, 3.05) is 18.4 Å². The van der Waals surface area contributed by atoms with Crippen LogP contribution in [0.4, 0.5) is 10.3 Å². The fourth-order valence-electron chi connectivity index (χ4n) is 3.32. The quantitative estimate of drug-likeness (QED) is 0.664. The van der Waals surface area contributed by atoms with Crippen molar-refractivity contribution < 1.29 is 14.0 Å². The summed E-state index contributed by atoms with van der Waals surface area (Å²) in [5, 5.41) is 7.75. The van der Waals surface area contributed by atoms with Gasteiger partial charge in [-0.05, 0) is 29.5 Å². The van der Waals surface area contributed by atoms with Crippen LogP contribution >= 0.6 is 11.3 Å². The smallest absolute Gasteiger partial charge is 0.274 e. The van der Waals surface area contributed by atoms with E-state index < -0.39 is 5.82 Å². The number of anilines is 1. The molecule has 10 heteroatoms. The average molecular weight is 414 g/mol. The van der Waals surface area contributed by atoms with Gasteiger partial charge in [0.1, 0.15) is 5.82 Å². The van der Waals surface area contributed by atoms with E-state index in [1.807, 2.05) is 11.4 Å². The van der Waals surface area contributed by atoms with Crippen LogP contribution in [0.15, 0.2) is 29.9 Å². The van der Waals surface area contributed by atoms with Crippen molar-refractivity contribution in [2.45, 2.75) is 25.9 Å². The van der Waals surface area contributed by atoms with E-state index >= 15 is 0 Å². The van der Waals surface area contributed by atoms with Gasteiger partial charge in [-0.1, -0.05) is 0 Å². The maximum Gasteiger partial charge on any atom is 0.274 e. The second kappa shape index (κ2) is 8.08. The van der Waals surface area contributed by atoms with E-state index in [4.69, 9.17) is 0 Å². The van der Waals surface area contributed by atoms with Crippen molar-refractivity contribution in [2.24, 2.45) is 0 Å². The Labute approximate surface area is 170 Å². The van der Waals surface area contributed by atoms with Crippen molar-refractivity contribution in [3.63, 3.8) is 0 Å². The van der Waals surface area contributed by atoms with E-state index in [1.54, 1.807) is 11.1 Å². The molecule has 0 spiro atoms. The molecule has 8 nitrogen and oxygen atoms in total. The average Bonchev–Trinajstić information content (AvgIpc) is 3.34. The van der Waals surface area contributed by atoms with Crippen molar-refractivity contribution in [1.82, 2.24) is 25.2 Å². The van der Waals surface area contributed by atoms with Crippen molar-refractivity contribution >= 4 is 39.3 Å². The van der Waals surface area contributed by atoms with Crippen molar-refractivity contribution in [1.29, 1.82) is 0 Å². The summed E-state index contributed by atoms with van der Waals surface area (Å²) in [6.07, 6.45) is 3.40. The molecule has 3 aromatic heterocycles. The maximum absolute atomic E-state index is 13.3. The van der Waals surface area contributed by atoms with Crippen LogP contribution in [0.1, 0.15) is 29.4 Å². The van der Waals surface area contributed by atoms with Crippen LogP contribution < -0.4 is 10.6 Å². The Kier molecular flexibility index (Phi) is 5.34. The summed E-state index contributed by atoms with van der Waals surface area (Å²) >= 11 is 1.41. The van der Waals surface area contributed by atoms with Gasteiger partial charge in [-0.2, -0.15) is 0 Å². The number of hydrogen-bond donors (Lipinski definition) is 2. The molecule has 0 aliphatic carbocycles. The summed E-state index contributed by atoms with van der Waals surface area (Å²) < 4.78 is 14.0. The molecule has 0 unspecified atom stereocenters. The zero-order valence-corrected chi connectivity index (χ0v) is 16.5. The molecule has 2 amide bonds. The van der Waals surface area contributed by atoms with E-state index in [-0.39, 0.29) is 24.4 Å². The minimum atomic E-state index is -0.419. The highest BCUT2D eigenvalue weighted by molar-refractivity contribution is 7.17. The number of carbonyl (C=O) groups excluding carboxylic acids is 2. The van der Waals surface area contributed by atoms with Crippen molar-refractivity contribution in [3.05, 3.63) is 47.0 Å². The number of likely N-dealkylation sites (tertiary alicyclic amines) is 1. The van der Waals surface area contributed by atoms with E-state index in [0.29, 0.717) is 42.2 Å². The molecule has 150 valence electrons. The lowest BCUT2D eigenvalue weighted by molar-refractivity contribution is -0.119. The number of aromatic nitrogens is 3. The normalized spacial score (nSPS) is 16.2. The molecule has 0 saturated carbocycles. The Morgan fingerprint density at radius 2 is 2.21 bits per heavy atom. The molecule has 29 heavy (non-hydrogen) atoms. The predicted molar refractivity (Wildman–Crippen MR) is 107 cm³/mol. The van der Waals surface area contributed by atoms with Gasteiger partial charge in [0, 0.05) is 38.8 Å².